The molecule has 14 heavy (non-hydrogen) atoms. The first-order chi connectivity index (χ1) is 6.83. The van der Waals surface area contributed by atoms with Crippen molar-refractivity contribution in [3.05, 3.63) is 0 Å². The molecule has 1 fully saturated rings. The molecule has 4 heteroatoms. The number of rotatable bonds is 5. The van der Waals surface area contributed by atoms with Gasteiger partial charge in [0.05, 0.1) is 6.10 Å². The number of carbonyl (C=O) groups excluding carboxylic acids is 1. The SMILES string of the molecule is CNC(=O)CCNCC1CCCCO1. The molecule has 2 N–H and O–H groups in total. The van der Waals surface area contributed by atoms with Gasteiger partial charge in [0, 0.05) is 33.2 Å². The first-order valence-corrected chi connectivity index (χ1v) is 5.36. The van der Waals surface area contributed by atoms with Gasteiger partial charge in [-0.05, 0) is 19.3 Å². The van der Waals surface area contributed by atoms with Gasteiger partial charge in [-0.25, -0.2) is 0 Å². The number of hydrogen-bond acceptors (Lipinski definition) is 3. The molecule has 1 saturated heterocycles. The van der Waals surface area contributed by atoms with Crippen LogP contribution in [0.5, 0.6) is 0 Å². The summed E-state index contributed by atoms with van der Waals surface area (Å²) in [7, 11) is 1.66. The van der Waals surface area contributed by atoms with Gasteiger partial charge in [-0.15, -0.1) is 0 Å². The molecule has 0 radical (unpaired) electrons. The summed E-state index contributed by atoms with van der Waals surface area (Å²) in [5.41, 5.74) is 0. The van der Waals surface area contributed by atoms with Gasteiger partial charge < -0.3 is 15.4 Å². The van der Waals surface area contributed by atoms with Crippen LogP contribution in [0.15, 0.2) is 0 Å². The Morgan fingerprint density at radius 1 is 1.50 bits per heavy atom. The van der Waals surface area contributed by atoms with E-state index in [2.05, 4.69) is 10.6 Å². The van der Waals surface area contributed by atoms with E-state index in [9.17, 15) is 4.79 Å². The minimum absolute atomic E-state index is 0.0852. The zero-order valence-corrected chi connectivity index (χ0v) is 8.84. The predicted octanol–water partition coefficient (Wildman–Crippen LogP) is 0.281. The van der Waals surface area contributed by atoms with Crippen molar-refractivity contribution >= 4 is 5.91 Å². The molecule has 4 nitrogen and oxygen atoms in total. The molecule has 0 aliphatic carbocycles. The van der Waals surface area contributed by atoms with E-state index in [-0.39, 0.29) is 5.91 Å². The zero-order chi connectivity index (χ0) is 10.2. The summed E-state index contributed by atoms with van der Waals surface area (Å²) in [6.45, 7) is 2.50. The number of hydrogen-bond donors (Lipinski definition) is 2. The zero-order valence-electron chi connectivity index (χ0n) is 8.84. The normalized spacial score (nSPS) is 21.9. The van der Waals surface area contributed by atoms with Crippen molar-refractivity contribution < 1.29 is 9.53 Å². The van der Waals surface area contributed by atoms with Crippen LogP contribution in [0.2, 0.25) is 0 Å². The van der Waals surface area contributed by atoms with E-state index in [1.807, 2.05) is 0 Å². The van der Waals surface area contributed by atoms with E-state index in [1.165, 1.54) is 12.8 Å². The largest absolute Gasteiger partial charge is 0.377 e. The Hall–Kier alpha value is -0.610. The van der Waals surface area contributed by atoms with Crippen LogP contribution in [-0.2, 0) is 9.53 Å². The minimum Gasteiger partial charge on any atom is -0.377 e. The third-order valence-corrected chi connectivity index (χ3v) is 2.45. The minimum atomic E-state index is 0.0852. The Balaban J connectivity index is 1.94. The highest BCUT2D eigenvalue weighted by Gasteiger charge is 2.12. The summed E-state index contributed by atoms with van der Waals surface area (Å²) in [6.07, 6.45) is 4.50. The molecule has 82 valence electrons. The standard InChI is InChI=1S/C10H20N2O2/c1-11-10(13)5-6-12-8-9-4-2-3-7-14-9/h9,12H,2-8H2,1H3,(H,11,13). The van der Waals surface area contributed by atoms with Gasteiger partial charge in [0.2, 0.25) is 5.91 Å². The fourth-order valence-corrected chi connectivity index (χ4v) is 1.56. The Kier molecular flexibility index (Phi) is 5.56. The fourth-order valence-electron chi connectivity index (χ4n) is 1.56. The maximum absolute atomic E-state index is 10.9. The van der Waals surface area contributed by atoms with E-state index in [1.54, 1.807) is 7.05 Å². The van der Waals surface area contributed by atoms with E-state index in [0.29, 0.717) is 12.5 Å². The molecule has 0 bridgehead atoms. The molecule has 0 aromatic rings. The third kappa shape index (κ3) is 4.58. The quantitative estimate of drug-likeness (QED) is 0.627. The van der Waals surface area contributed by atoms with Crippen LogP contribution in [-0.4, -0.2) is 38.8 Å². The molecule has 1 rings (SSSR count). The summed E-state index contributed by atoms with van der Waals surface area (Å²) in [6, 6.07) is 0. The number of carbonyl (C=O) groups is 1. The Morgan fingerprint density at radius 2 is 2.36 bits per heavy atom. The van der Waals surface area contributed by atoms with Gasteiger partial charge in [-0.2, -0.15) is 0 Å². The first kappa shape index (κ1) is 11.5. The smallest absolute Gasteiger partial charge is 0.221 e. The lowest BCUT2D eigenvalue weighted by molar-refractivity contribution is -0.120. The maximum atomic E-state index is 10.9. The van der Waals surface area contributed by atoms with Crippen molar-refractivity contribution in [3.8, 4) is 0 Å². The van der Waals surface area contributed by atoms with Crippen molar-refractivity contribution in [2.24, 2.45) is 0 Å². The van der Waals surface area contributed by atoms with Crippen molar-refractivity contribution in [2.75, 3.05) is 26.7 Å². The Morgan fingerprint density at radius 3 is 3.00 bits per heavy atom. The molecule has 1 heterocycles. The van der Waals surface area contributed by atoms with Crippen LogP contribution in [0.25, 0.3) is 0 Å². The Labute approximate surface area is 85.4 Å². The maximum Gasteiger partial charge on any atom is 0.221 e. The molecule has 0 aromatic carbocycles. The van der Waals surface area contributed by atoms with Gasteiger partial charge >= 0.3 is 0 Å². The molecule has 0 aromatic heterocycles. The summed E-state index contributed by atoms with van der Waals surface area (Å²) < 4.78 is 5.55. The van der Waals surface area contributed by atoms with E-state index in [0.717, 1.165) is 26.1 Å². The number of nitrogens with one attached hydrogen (secondary N) is 2. The average molecular weight is 200 g/mol. The van der Waals surface area contributed by atoms with Crippen LogP contribution >= 0.6 is 0 Å². The van der Waals surface area contributed by atoms with Crippen molar-refractivity contribution in [1.82, 2.24) is 10.6 Å². The van der Waals surface area contributed by atoms with Gasteiger partial charge in [0.1, 0.15) is 0 Å². The summed E-state index contributed by atoms with van der Waals surface area (Å²) >= 11 is 0. The topological polar surface area (TPSA) is 50.4 Å². The highest BCUT2D eigenvalue weighted by Crippen LogP contribution is 2.11. The third-order valence-electron chi connectivity index (χ3n) is 2.45. The molecule has 0 saturated carbocycles. The van der Waals surface area contributed by atoms with E-state index in [4.69, 9.17) is 4.74 Å². The molecular weight excluding hydrogens is 180 g/mol. The van der Waals surface area contributed by atoms with Crippen LogP contribution in [0.1, 0.15) is 25.7 Å². The van der Waals surface area contributed by atoms with Crippen molar-refractivity contribution in [2.45, 2.75) is 31.8 Å². The predicted molar refractivity (Wildman–Crippen MR) is 55.1 cm³/mol. The lowest BCUT2D eigenvalue weighted by Crippen LogP contribution is -2.33. The van der Waals surface area contributed by atoms with Crippen LogP contribution in [0.3, 0.4) is 0 Å². The van der Waals surface area contributed by atoms with Crippen molar-refractivity contribution in [3.63, 3.8) is 0 Å². The van der Waals surface area contributed by atoms with Crippen molar-refractivity contribution in [1.29, 1.82) is 0 Å². The summed E-state index contributed by atoms with van der Waals surface area (Å²) in [5.74, 6) is 0.0852. The van der Waals surface area contributed by atoms with Gasteiger partial charge in [0.15, 0.2) is 0 Å². The molecular formula is C10H20N2O2. The van der Waals surface area contributed by atoms with Gasteiger partial charge in [0.25, 0.3) is 0 Å². The van der Waals surface area contributed by atoms with Crippen LogP contribution in [0.4, 0.5) is 0 Å². The van der Waals surface area contributed by atoms with E-state index < -0.39 is 0 Å². The van der Waals surface area contributed by atoms with Gasteiger partial charge in [-0.3, -0.25) is 4.79 Å². The van der Waals surface area contributed by atoms with E-state index >= 15 is 0 Å². The molecule has 1 amide bonds. The first-order valence-electron chi connectivity index (χ1n) is 5.36. The lowest BCUT2D eigenvalue weighted by Gasteiger charge is -2.22. The number of amides is 1. The van der Waals surface area contributed by atoms with Gasteiger partial charge in [-0.1, -0.05) is 0 Å². The molecule has 1 aliphatic rings. The second-order valence-corrected chi connectivity index (χ2v) is 3.62. The van der Waals surface area contributed by atoms with Crippen LogP contribution in [0, 0.1) is 0 Å². The molecule has 1 unspecified atom stereocenters. The highest BCUT2D eigenvalue weighted by molar-refractivity contribution is 5.75. The average Bonchev–Trinajstić information content (AvgIpc) is 2.25. The highest BCUT2D eigenvalue weighted by atomic mass is 16.5. The fraction of sp³-hybridized carbons (Fsp3) is 0.900. The summed E-state index contributed by atoms with van der Waals surface area (Å²) in [4.78, 5) is 10.9. The monoisotopic (exact) mass is 200 g/mol. The lowest BCUT2D eigenvalue weighted by atomic mass is 10.1. The second kappa shape index (κ2) is 6.79. The van der Waals surface area contributed by atoms with Crippen LogP contribution < -0.4 is 10.6 Å². The molecule has 1 atom stereocenters. The number of ether oxygens (including phenoxy) is 1. The summed E-state index contributed by atoms with van der Waals surface area (Å²) in [5, 5.41) is 5.83. The Bertz CT molecular complexity index is 168. The molecule has 0 spiro atoms. The second-order valence-electron chi connectivity index (χ2n) is 3.62. The molecule has 1 aliphatic heterocycles.